The number of rotatable bonds is 6. The van der Waals surface area contributed by atoms with Gasteiger partial charge in [0.2, 0.25) is 0 Å². The zero-order valence-corrected chi connectivity index (χ0v) is 8.82. The lowest BCUT2D eigenvalue weighted by Crippen LogP contribution is -2.21. The Hall–Kier alpha value is -1.30. The van der Waals surface area contributed by atoms with Gasteiger partial charge in [0.1, 0.15) is 0 Å². The normalized spacial score (nSPS) is 12.0. The highest BCUT2D eigenvalue weighted by atomic mass is 16.2. The van der Waals surface area contributed by atoms with Crippen molar-refractivity contribution < 1.29 is 5.11 Å². The molecule has 15 heavy (non-hydrogen) atoms. The third-order valence-corrected chi connectivity index (χ3v) is 2.30. The second-order valence-electron chi connectivity index (χ2n) is 3.41. The molecule has 1 aromatic rings. The van der Waals surface area contributed by atoms with Crippen LogP contribution in [0.25, 0.3) is 0 Å². The number of terminal acetylenes is 1. The van der Waals surface area contributed by atoms with Gasteiger partial charge in [0.05, 0.1) is 6.54 Å². The van der Waals surface area contributed by atoms with E-state index in [-0.39, 0.29) is 12.6 Å². The molecule has 0 aliphatic carbocycles. The standard InChI is InChI=1S/C13H17NO/c1-2-10-14-13(9-6-11-15)12-7-4-3-5-8-12/h1,3-5,7-8,13-15H,6,9-11H2/t13-/m1/s1. The monoisotopic (exact) mass is 203 g/mol. The zero-order valence-electron chi connectivity index (χ0n) is 8.82. The molecule has 0 aliphatic heterocycles. The lowest BCUT2D eigenvalue weighted by Gasteiger charge is -2.17. The summed E-state index contributed by atoms with van der Waals surface area (Å²) in [5.41, 5.74) is 1.22. The summed E-state index contributed by atoms with van der Waals surface area (Å²) in [5.74, 6) is 2.57. The Bertz CT molecular complexity index is 302. The molecule has 1 rings (SSSR count). The number of hydrogen-bond acceptors (Lipinski definition) is 2. The third-order valence-electron chi connectivity index (χ3n) is 2.30. The Morgan fingerprint density at radius 1 is 1.33 bits per heavy atom. The molecule has 1 aromatic carbocycles. The summed E-state index contributed by atoms with van der Waals surface area (Å²) in [4.78, 5) is 0. The minimum Gasteiger partial charge on any atom is -0.396 e. The molecule has 0 unspecified atom stereocenters. The highest BCUT2D eigenvalue weighted by molar-refractivity contribution is 5.19. The molecular formula is C13H17NO. The van der Waals surface area contributed by atoms with Crippen LogP contribution < -0.4 is 5.32 Å². The van der Waals surface area contributed by atoms with Crippen molar-refractivity contribution in [2.45, 2.75) is 18.9 Å². The maximum Gasteiger partial charge on any atom is 0.0578 e. The van der Waals surface area contributed by atoms with Gasteiger partial charge in [-0.1, -0.05) is 36.3 Å². The summed E-state index contributed by atoms with van der Waals surface area (Å²) in [5, 5.41) is 12.1. The zero-order chi connectivity index (χ0) is 10.9. The molecule has 2 N–H and O–H groups in total. The average molecular weight is 203 g/mol. The summed E-state index contributed by atoms with van der Waals surface area (Å²) >= 11 is 0. The minimum atomic E-state index is 0.223. The quantitative estimate of drug-likeness (QED) is 0.690. The van der Waals surface area contributed by atoms with Gasteiger partial charge < -0.3 is 5.11 Å². The van der Waals surface area contributed by atoms with E-state index in [1.807, 2.05) is 18.2 Å². The summed E-state index contributed by atoms with van der Waals surface area (Å²) in [6.07, 6.45) is 6.92. The van der Waals surface area contributed by atoms with Crippen LogP contribution in [0.1, 0.15) is 24.4 Å². The maximum absolute atomic E-state index is 8.82. The van der Waals surface area contributed by atoms with Crippen molar-refractivity contribution in [3.8, 4) is 12.3 Å². The van der Waals surface area contributed by atoms with Crippen LogP contribution in [0, 0.1) is 12.3 Å². The van der Waals surface area contributed by atoms with Gasteiger partial charge >= 0.3 is 0 Å². The number of benzene rings is 1. The average Bonchev–Trinajstić information content (AvgIpc) is 2.30. The van der Waals surface area contributed by atoms with E-state index in [2.05, 4.69) is 23.4 Å². The van der Waals surface area contributed by atoms with Gasteiger partial charge in [-0.25, -0.2) is 0 Å². The Kier molecular flexibility index (Phi) is 5.54. The first kappa shape index (κ1) is 11.8. The van der Waals surface area contributed by atoms with E-state index < -0.39 is 0 Å². The maximum atomic E-state index is 8.82. The SMILES string of the molecule is C#CCN[C@H](CCCO)c1ccccc1. The summed E-state index contributed by atoms with van der Waals surface area (Å²) < 4.78 is 0. The van der Waals surface area contributed by atoms with Crippen molar-refractivity contribution in [1.29, 1.82) is 0 Å². The van der Waals surface area contributed by atoms with Crippen LogP contribution in [0.5, 0.6) is 0 Å². The van der Waals surface area contributed by atoms with Crippen molar-refractivity contribution in [3.63, 3.8) is 0 Å². The first-order valence-electron chi connectivity index (χ1n) is 5.21. The molecule has 0 heterocycles. The Morgan fingerprint density at radius 3 is 2.67 bits per heavy atom. The van der Waals surface area contributed by atoms with Gasteiger partial charge in [-0.15, -0.1) is 6.42 Å². The molecule has 0 bridgehead atoms. The van der Waals surface area contributed by atoms with Crippen LogP contribution in [0.15, 0.2) is 30.3 Å². The van der Waals surface area contributed by atoms with E-state index in [9.17, 15) is 0 Å². The largest absolute Gasteiger partial charge is 0.396 e. The first-order chi connectivity index (χ1) is 7.38. The van der Waals surface area contributed by atoms with Gasteiger partial charge in [-0.2, -0.15) is 0 Å². The predicted molar refractivity (Wildman–Crippen MR) is 62.3 cm³/mol. The van der Waals surface area contributed by atoms with E-state index in [1.54, 1.807) is 0 Å². The van der Waals surface area contributed by atoms with Gasteiger partial charge in [0.15, 0.2) is 0 Å². The van der Waals surface area contributed by atoms with Crippen LogP contribution in [0.4, 0.5) is 0 Å². The fraction of sp³-hybridized carbons (Fsp3) is 0.385. The Balaban J connectivity index is 2.59. The van der Waals surface area contributed by atoms with Gasteiger partial charge in [-0.05, 0) is 18.4 Å². The van der Waals surface area contributed by atoms with E-state index in [4.69, 9.17) is 11.5 Å². The summed E-state index contributed by atoms with van der Waals surface area (Å²) in [6, 6.07) is 10.4. The van der Waals surface area contributed by atoms with E-state index >= 15 is 0 Å². The molecule has 0 fully saturated rings. The van der Waals surface area contributed by atoms with Crippen LogP contribution in [-0.4, -0.2) is 18.3 Å². The fourth-order valence-electron chi connectivity index (χ4n) is 1.55. The molecule has 0 saturated carbocycles. The summed E-state index contributed by atoms with van der Waals surface area (Å²) in [6.45, 7) is 0.784. The minimum absolute atomic E-state index is 0.223. The van der Waals surface area contributed by atoms with Crippen molar-refractivity contribution >= 4 is 0 Å². The first-order valence-corrected chi connectivity index (χ1v) is 5.21. The Labute approximate surface area is 91.3 Å². The molecule has 0 radical (unpaired) electrons. The molecular weight excluding hydrogens is 186 g/mol. The van der Waals surface area contributed by atoms with Crippen LogP contribution in [0.2, 0.25) is 0 Å². The van der Waals surface area contributed by atoms with E-state index in [0.29, 0.717) is 6.54 Å². The van der Waals surface area contributed by atoms with Gasteiger partial charge in [0.25, 0.3) is 0 Å². The molecule has 2 heteroatoms. The van der Waals surface area contributed by atoms with Crippen molar-refractivity contribution in [2.24, 2.45) is 0 Å². The van der Waals surface area contributed by atoms with Crippen LogP contribution in [0.3, 0.4) is 0 Å². The van der Waals surface area contributed by atoms with Crippen molar-refractivity contribution in [2.75, 3.05) is 13.2 Å². The second kappa shape index (κ2) is 7.05. The van der Waals surface area contributed by atoms with Gasteiger partial charge in [0, 0.05) is 12.6 Å². The number of aliphatic hydroxyl groups is 1. The smallest absolute Gasteiger partial charge is 0.0578 e. The van der Waals surface area contributed by atoms with Crippen LogP contribution >= 0.6 is 0 Å². The molecule has 0 spiro atoms. The van der Waals surface area contributed by atoms with E-state index in [1.165, 1.54) is 5.56 Å². The molecule has 0 aromatic heterocycles. The molecule has 0 saturated heterocycles. The van der Waals surface area contributed by atoms with Crippen LogP contribution in [-0.2, 0) is 0 Å². The number of nitrogens with one attached hydrogen (secondary N) is 1. The highest BCUT2D eigenvalue weighted by Gasteiger charge is 2.08. The number of aliphatic hydroxyl groups excluding tert-OH is 1. The highest BCUT2D eigenvalue weighted by Crippen LogP contribution is 2.17. The molecule has 1 atom stereocenters. The Morgan fingerprint density at radius 2 is 2.07 bits per heavy atom. The molecule has 80 valence electrons. The molecule has 0 amide bonds. The lowest BCUT2D eigenvalue weighted by molar-refractivity contribution is 0.276. The van der Waals surface area contributed by atoms with Gasteiger partial charge in [-0.3, -0.25) is 5.32 Å². The molecule has 2 nitrogen and oxygen atoms in total. The van der Waals surface area contributed by atoms with Crippen molar-refractivity contribution in [1.82, 2.24) is 5.32 Å². The third kappa shape index (κ3) is 4.16. The van der Waals surface area contributed by atoms with E-state index in [0.717, 1.165) is 12.8 Å². The lowest BCUT2D eigenvalue weighted by atomic mass is 10.0. The number of hydrogen-bond donors (Lipinski definition) is 2. The summed E-state index contributed by atoms with van der Waals surface area (Å²) in [7, 11) is 0. The second-order valence-corrected chi connectivity index (χ2v) is 3.41. The fourth-order valence-corrected chi connectivity index (χ4v) is 1.55. The molecule has 0 aliphatic rings. The topological polar surface area (TPSA) is 32.3 Å². The van der Waals surface area contributed by atoms with Crippen molar-refractivity contribution in [3.05, 3.63) is 35.9 Å². The predicted octanol–water partition coefficient (Wildman–Crippen LogP) is 1.72.